The zero-order chi connectivity index (χ0) is 35.7. The molecule has 0 fully saturated rings. The van der Waals surface area contributed by atoms with E-state index in [1.165, 1.54) is 36.3 Å². The second-order valence-corrected chi connectivity index (χ2v) is 11.9. The van der Waals surface area contributed by atoms with Crippen LogP contribution in [0, 0.1) is 0 Å². The molecule has 10 nitrogen and oxygen atoms in total. The van der Waals surface area contributed by atoms with Gasteiger partial charge in [0.2, 0.25) is 0 Å². The minimum absolute atomic E-state index is 0.00761. The zero-order valence-electron chi connectivity index (χ0n) is 28.5. The molecule has 0 aromatic heterocycles. The first kappa shape index (κ1) is 37.3. The van der Waals surface area contributed by atoms with E-state index in [0.717, 1.165) is 18.4 Å². The Hall–Kier alpha value is -5.48. The summed E-state index contributed by atoms with van der Waals surface area (Å²) in [4.78, 5) is 51.6. The summed E-state index contributed by atoms with van der Waals surface area (Å²) in [5.74, 6) is -1.56. The lowest BCUT2D eigenvalue weighted by Gasteiger charge is -2.18. The van der Waals surface area contributed by atoms with Crippen molar-refractivity contribution < 1.29 is 38.5 Å². The first-order valence-electron chi connectivity index (χ1n) is 16.8. The lowest BCUT2D eigenvalue weighted by Crippen LogP contribution is -2.42. The fourth-order valence-corrected chi connectivity index (χ4v) is 5.03. The van der Waals surface area contributed by atoms with Crippen LogP contribution < -0.4 is 19.7 Å². The minimum Gasteiger partial charge on any atom is -0.494 e. The number of nitrogens with one attached hydrogen (secondary N) is 1. The van der Waals surface area contributed by atoms with Crippen LogP contribution in [0.25, 0.3) is 0 Å². The lowest BCUT2D eigenvalue weighted by molar-refractivity contribution is -0.139. The van der Waals surface area contributed by atoms with Crippen LogP contribution in [0.4, 0.5) is 5.69 Å². The molecule has 0 spiro atoms. The van der Waals surface area contributed by atoms with E-state index in [2.05, 4.69) is 12.2 Å². The topological polar surface area (TPSA) is 131 Å². The highest BCUT2D eigenvalue weighted by Gasteiger charge is 2.22. The molecule has 2 amide bonds. The van der Waals surface area contributed by atoms with E-state index in [4.69, 9.17) is 14.2 Å². The van der Waals surface area contributed by atoms with E-state index in [9.17, 15) is 24.3 Å². The number of aliphatic carboxylic acids is 1. The van der Waals surface area contributed by atoms with Crippen LogP contribution in [0.5, 0.6) is 11.5 Å². The Morgan fingerprint density at radius 3 is 2.04 bits per heavy atom. The highest BCUT2D eigenvalue weighted by Crippen LogP contribution is 2.19. The molecule has 4 aromatic rings. The van der Waals surface area contributed by atoms with Crippen LogP contribution in [-0.2, 0) is 27.4 Å². The maximum absolute atomic E-state index is 12.9. The van der Waals surface area contributed by atoms with E-state index < -0.39 is 23.9 Å². The van der Waals surface area contributed by atoms with Crippen molar-refractivity contribution in [2.75, 3.05) is 25.2 Å². The highest BCUT2D eigenvalue weighted by atomic mass is 16.5. The standard InChI is InChI=1S/C40H44N2O8/c1-3-4-5-6-10-25-49-34-23-17-32(18-24-34)40(47)50-35-21-13-29(14-22-35)26-36(39(45)46)41-38(44)31-15-19-33(20-16-31)42(2)37(43)28-48-27-30-11-8-7-9-12-30/h7-9,11-24,36H,3-6,10,25-28H2,1-2H3,(H,41,44)(H,45,46). The smallest absolute Gasteiger partial charge is 0.343 e. The first-order valence-corrected chi connectivity index (χ1v) is 16.8. The van der Waals surface area contributed by atoms with Gasteiger partial charge in [0.25, 0.3) is 11.8 Å². The number of esters is 1. The van der Waals surface area contributed by atoms with Gasteiger partial charge in [-0.2, -0.15) is 0 Å². The summed E-state index contributed by atoms with van der Waals surface area (Å²) in [5, 5.41) is 12.4. The maximum atomic E-state index is 12.9. The van der Waals surface area contributed by atoms with Crippen molar-refractivity contribution >= 4 is 29.4 Å². The number of carbonyl (C=O) groups is 4. The molecule has 0 radical (unpaired) electrons. The molecule has 0 aliphatic rings. The van der Waals surface area contributed by atoms with Gasteiger partial charge in [-0.1, -0.05) is 75.1 Å². The van der Waals surface area contributed by atoms with Crippen LogP contribution in [-0.4, -0.2) is 55.2 Å². The molecular formula is C40H44N2O8. The third-order valence-electron chi connectivity index (χ3n) is 8.01. The molecule has 0 heterocycles. The van der Waals surface area contributed by atoms with Crippen LogP contribution in [0.1, 0.15) is 70.9 Å². The van der Waals surface area contributed by atoms with E-state index in [-0.39, 0.29) is 24.5 Å². The number of hydrogen-bond acceptors (Lipinski definition) is 7. The number of ether oxygens (including phenoxy) is 3. The Bertz CT molecular complexity index is 1670. The molecule has 0 saturated carbocycles. The van der Waals surface area contributed by atoms with Crippen molar-refractivity contribution in [1.82, 2.24) is 5.32 Å². The third-order valence-corrected chi connectivity index (χ3v) is 8.01. The Kier molecular flexibility index (Phi) is 14.6. The number of rotatable bonds is 19. The number of anilines is 1. The van der Waals surface area contributed by atoms with Crippen LogP contribution in [0.3, 0.4) is 0 Å². The number of amides is 2. The quantitative estimate of drug-likeness (QED) is 0.0624. The molecule has 0 saturated heterocycles. The molecule has 10 heteroatoms. The highest BCUT2D eigenvalue weighted by molar-refractivity contribution is 5.98. The van der Waals surface area contributed by atoms with Crippen molar-refractivity contribution in [2.45, 2.75) is 58.1 Å². The second-order valence-electron chi connectivity index (χ2n) is 11.9. The van der Waals surface area contributed by atoms with E-state index in [1.807, 2.05) is 30.3 Å². The molecular weight excluding hydrogens is 636 g/mol. The number of likely N-dealkylation sites (N-methyl/N-ethyl adjacent to an activating group) is 1. The molecule has 1 unspecified atom stereocenters. The molecule has 1 atom stereocenters. The van der Waals surface area contributed by atoms with E-state index in [1.54, 1.807) is 67.7 Å². The van der Waals surface area contributed by atoms with Gasteiger partial charge in [0.1, 0.15) is 24.1 Å². The number of nitrogens with zero attached hydrogens (tertiary/aromatic N) is 1. The average molecular weight is 681 g/mol. The number of benzene rings is 4. The van der Waals surface area contributed by atoms with Crippen molar-refractivity contribution in [3.8, 4) is 11.5 Å². The molecule has 2 N–H and O–H groups in total. The number of carboxylic acid groups (broad SMARTS) is 1. The van der Waals surface area contributed by atoms with Crippen molar-refractivity contribution in [2.24, 2.45) is 0 Å². The molecule has 0 aliphatic carbocycles. The maximum Gasteiger partial charge on any atom is 0.343 e. The predicted molar refractivity (Wildman–Crippen MR) is 191 cm³/mol. The summed E-state index contributed by atoms with van der Waals surface area (Å²) in [7, 11) is 1.61. The Morgan fingerprint density at radius 2 is 1.38 bits per heavy atom. The lowest BCUT2D eigenvalue weighted by atomic mass is 10.0. The molecule has 262 valence electrons. The summed E-state index contributed by atoms with van der Waals surface area (Å²) in [6, 6.07) is 27.8. The monoisotopic (exact) mass is 680 g/mol. The van der Waals surface area contributed by atoms with E-state index in [0.29, 0.717) is 41.5 Å². The summed E-state index contributed by atoms with van der Waals surface area (Å²) in [5.41, 5.74) is 2.75. The first-order chi connectivity index (χ1) is 24.2. The minimum atomic E-state index is -1.21. The third kappa shape index (κ3) is 11.9. The largest absolute Gasteiger partial charge is 0.494 e. The summed E-state index contributed by atoms with van der Waals surface area (Å²) < 4.78 is 16.8. The van der Waals surface area contributed by atoms with Gasteiger partial charge in [0, 0.05) is 24.7 Å². The Labute approximate surface area is 293 Å². The van der Waals surface area contributed by atoms with Crippen LogP contribution in [0.15, 0.2) is 103 Å². The molecule has 4 aromatic carbocycles. The number of hydrogen-bond donors (Lipinski definition) is 2. The number of carboxylic acids is 1. The Balaban J connectivity index is 1.23. The van der Waals surface area contributed by atoms with Gasteiger partial charge in [0.05, 0.1) is 18.8 Å². The summed E-state index contributed by atoms with van der Waals surface area (Å²) in [6.07, 6.45) is 5.76. The zero-order valence-corrected chi connectivity index (χ0v) is 28.5. The van der Waals surface area contributed by atoms with Crippen LogP contribution in [0.2, 0.25) is 0 Å². The molecule has 0 bridgehead atoms. The van der Waals surface area contributed by atoms with Crippen LogP contribution >= 0.6 is 0 Å². The fraction of sp³-hybridized carbons (Fsp3) is 0.300. The summed E-state index contributed by atoms with van der Waals surface area (Å²) in [6.45, 7) is 3.01. The number of unbranched alkanes of at least 4 members (excludes halogenated alkanes) is 4. The average Bonchev–Trinajstić information content (AvgIpc) is 3.13. The number of carbonyl (C=O) groups excluding carboxylic acids is 3. The second kappa shape index (κ2) is 19.5. The van der Waals surface area contributed by atoms with Crippen molar-refractivity contribution in [3.63, 3.8) is 0 Å². The van der Waals surface area contributed by atoms with Gasteiger partial charge < -0.3 is 29.5 Å². The van der Waals surface area contributed by atoms with Gasteiger partial charge in [-0.15, -0.1) is 0 Å². The normalized spacial score (nSPS) is 11.3. The van der Waals surface area contributed by atoms with E-state index >= 15 is 0 Å². The van der Waals surface area contributed by atoms with Crippen molar-refractivity contribution in [3.05, 3.63) is 125 Å². The Morgan fingerprint density at radius 1 is 0.740 bits per heavy atom. The van der Waals surface area contributed by atoms with Gasteiger partial charge in [-0.25, -0.2) is 9.59 Å². The molecule has 4 rings (SSSR count). The molecule has 0 aliphatic heterocycles. The SMILES string of the molecule is CCCCCCCOc1ccc(C(=O)Oc2ccc(CC(NC(=O)c3ccc(N(C)C(=O)COCc4ccccc4)cc3)C(=O)O)cc2)cc1. The summed E-state index contributed by atoms with van der Waals surface area (Å²) >= 11 is 0. The predicted octanol–water partition coefficient (Wildman–Crippen LogP) is 6.86. The van der Waals surface area contributed by atoms with Gasteiger partial charge >= 0.3 is 11.9 Å². The fourth-order valence-electron chi connectivity index (χ4n) is 5.03. The molecule has 50 heavy (non-hydrogen) atoms. The van der Waals surface area contributed by atoms with Gasteiger partial charge in [-0.3, -0.25) is 9.59 Å². The van der Waals surface area contributed by atoms with Crippen molar-refractivity contribution in [1.29, 1.82) is 0 Å². The van der Waals surface area contributed by atoms with Gasteiger partial charge in [0.15, 0.2) is 0 Å². The van der Waals surface area contributed by atoms with Gasteiger partial charge in [-0.05, 0) is 78.2 Å².